The van der Waals surface area contributed by atoms with Crippen molar-refractivity contribution in [1.82, 2.24) is 9.55 Å². The molecule has 0 spiro atoms. The van der Waals surface area contributed by atoms with Gasteiger partial charge in [-0.25, -0.2) is 9.78 Å². The van der Waals surface area contributed by atoms with Gasteiger partial charge in [-0.15, -0.1) is 12.8 Å². The van der Waals surface area contributed by atoms with Crippen LogP contribution >= 0.6 is 0 Å². The fourth-order valence-electron chi connectivity index (χ4n) is 5.53. The van der Waals surface area contributed by atoms with E-state index in [1.165, 1.54) is 0 Å². The van der Waals surface area contributed by atoms with Gasteiger partial charge in [0.1, 0.15) is 43.7 Å². The number of aryl methyl sites for hydroxylation is 1. The summed E-state index contributed by atoms with van der Waals surface area (Å²) in [6.07, 6.45) is 9.96. The van der Waals surface area contributed by atoms with Crippen molar-refractivity contribution in [2.45, 2.75) is 39.2 Å². The molecule has 2 aliphatic heterocycles. The lowest BCUT2D eigenvalue weighted by atomic mass is 9.97. The topological polar surface area (TPSA) is 109 Å². The first-order valence-electron chi connectivity index (χ1n) is 13.4. The van der Waals surface area contributed by atoms with Crippen LogP contribution in [0.4, 0.5) is 0 Å². The molecule has 210 valence electrons. The average Bonchev–Trinajstić information content (AvgIpc) is 3.37. The Morgan fingerprint density at radius 2 is 1.76 bits per heavy atom. The van der Waals surface area contributed by atoms with Crippen molar-refractivity contribution in [2.24, 2.45) is 0 Å². The number of aromatic nitrogens is 2. The summed E-state index contributed by atoms with van der Waals surface area (Å²) < 4.78 is 24.3. The Labute approximate surface area is 241 Å². The molecule has 9 heteroatoms. The van der Waals surface area contributed by atoms with Gasteiger partial charge in [-0.2, -0.15) is 0 Å². The zero-order valence-electron chi connectivity index (χ0n) is 22.8. The first kappa shape index (κ1) is 26.9. The molecule has 6 rings (SSSR count). The van der Waals surface area contributed by atoms with E-state index in [0.29, 0.717) is 47.2 Å². The van der Waals surface area contributed by atoms with E-state index in [1.807, 2.05) is 25.1 Å². The molecule has 0 amide bonds. The quantitative estimate of drug-likeness (QED) is 0.225. The number of benzene rings is 2. The molecule has 0 aliphatic carbocycles. The maximum atomic E-state index is 13.4. The Hall–Kier alpha value is -5.25. The van der Waals surface area contributed by atoms with Gasteiger partial charge in [0.25, 0.3) is 5.56 Å². The number of pyridine rings is 2. The van der Waals surface area contributed by atoms with E-state index in [9.17, 15) is 14.7 Å². The van der Waals surface area contributed by atoms with Crippen LogP contribution in [0.5, 0.6) is 17.2 Å². The van der Waals surface area contributed by atoms with Gasteiger partial charge < -0.3 is 28.6 Å². The summed E-state index contributed by atoms with van der Waals surface area (Å²) in [4.78, 5) is 30.2. The monoisotopic (exact) mass is 562 g/mol. The number of nitrogens with zero attached hydrogens (tertiary/aromatic N) is 2. The van der Waals surface area contributed by atoms with E-state index in [-0.39, 0.29) is 43.1 Å². The lowest BCUT2D eigenvalue weighted by Crippen LogP contribution is -2.32. The van der Waals surface area contributed by atoms with E-state index in [4.69, 9.17) is 36.8 Å². The van der Waals surface area contributed by atoms with E-state index < -0.39 is 12.1 Å². The molecule has 1 atom stereocenters. The Bertz CT molecular complexity index is 1860. The molecule has 2 aromatic heterocycles. The molecule has 9 nitrogen and oxygen atoms in total. The predicted octanol–water partition coefficient (Wildman–Crippen LogP) is 3.68. The summed E-state index contributed by atoms with van der Waals surface area (Å²) in [5.41, 5.74) is 4.85. The molecule has 0 saturated heterocycles. The molecular weight excluding hydrogens is 536 g/mol. The van der Waals surface area contributed by atoms with Crippen LogP contribution in [-0.2, 0) is 35.7 Å². The number of aliphatic hydroxyl groups excluding tert-OH is 1. The van der Waals surface area contributed by atoms with E-state index >= 15 is 0 Å². The molecule has 0 radical (unpaired) electrons. The number of cyclic esters (lactones) is 1. The average molecular weight is 563 g/mol. The van der Waals surface area contributed by atoms with E-state index in [2.05, 4.69) is 11.8 Å². The lowest BCUT2D eigenvalue weighted by molar-refractivity contribution is -0.157. The van der Waals surface area contributed by atoms with Crippen LogP contribution in [0.15, 0.2) is 47.3 Å². The van der Waals surface area contributed by atoms with Crippen LogP contribution in [-0.4, -0.2) is 33.8 Å². The van der Waals surface area contributed by atoms with Crippen molar-refractivity contribution in [3.63, 3.8) is 0 Å². The molecule has 4 aromatic rings. The van der Waals surface area contributed by atoms with Crippen molar-refractivity contribution >= 4 is 16.9 Å². The molecule has 1 N–H and O–H groups in total. The Balaban J connectivity index is 1.37. The van der Waals surface area contributed by atoms with E-state index in [0.717, 1.165) is 22.0 Å². The molecule has 4 heterocycles. The summed E-state index contributed by atoms with van der Waals surface area (Å²) in [5.74, 6) is 5.86. The Morgan fingerprint density at radius 1 is 1.02 bits per heavy atom. The van der Waals surface area contributed by atoms with Gasteiger partial charge in [0.05, 0.1) is 34.6 Å². The molecule has 2 aromatic carbocycles. The number of aliphatic hydroxyl groups is 1. The van der Waals surface area contributed by atoms with Crippen molar-refractivity contribution < 1.29 is 28.8 Å². The number of hydrogen-bond acceptors (Lipinski definition) is 8. The van der Waals surface area contributed by atoms with Gasteiger partial charge in [-0.05, 0) is 48.4 Å². The van der Waals surface area contributed by atoms with Crippen molar-refractivity contribution in [1.29, 1.82) is 0 Å². The number of carbonyl (C=O) groups is 1. The maximum absolute atomic E-state index is 13.4. The minimum Gasteiger partial charge on any atom is -0.489 e. The summed E-state index contributed by atoms with van der Waals surface area (Å²) in [6, 6.07) is 12.7. The molecule has 0 fully saturated rings. The van der Waals surface area contributed by atoms with Gasteiger partial charge in [0.2, 0.25) is 0 Å². The number of rotatable bonds is 8. The first-order chi connectivity index (χ1) is 20.4. The molecule has 0 saturated carbocycles. The normalized spacial score (nSPS) is 14.7. The molecule has 1 unspecified atom stereocenters. The van der Waals surface area contributed by atoms with Crippen molar-refractivity contribution in [3.05, 3.63) is 80.6 Å². The highest BCUT2D eigenvalue weighted by atomic mass is 16.5. The predicted molar refractivity (Wildman–Crippen MR) is 154 cm³/mol. The number of fused-ring (bicyclic) bond motifs is 5. The van der Waals surface area contributed by atoms with Crippen LogP contribution in [0.25, 0.3) is 22.3 Å². The molecule has 0 bridgehead atoms. The van der Waals surface area contributed by atoms with Crippen LogP contribution in [0.1, 0.15) is 40.8 Å². The standard InChI is InChI=1S/C33H26N2O7/c1-4-12-39-28-8-7-9-29(40-13-5-2)25(28)18-41-19-10-11-26-21(14-19)20(6-3)23-16-35-27(30(23)34-26)15-22-24(32(35)37)17-42-33(38)31(22)36/h1-2,7-11,14-15,31,36H,6,12-13,16-18H2,3H3. The number of ether oxygens (including phenoxy) is 4. The third kappa shape index (κ3) is 4.50. The zero-order valence-corrected chi connectivity index (χ0v) is 22.8. The lowest BCUT2D eigenvalue weighted by Gasteiger charge is -2.21. The summed E-state index contributed by atoms with van der Waals surface area (Å²) in [7, 11) is 0. The molecular formula is C33H26N2O7. The van der Waals surface area contributed by atoms with Crippen LogP contribution in [0.3, 0.4) is 0 Å². The SMILES string of the molecule is C#CCOc1cccc(OCC#C)c1COc1ccc2nc3c(c(CC)c2c1)Cn1c-3cc2c(c1=O)COC(=O)C2O. The van der Waals surface area contributed by atoms with Gasteiger partial charge in [-0.1, -0.05) is 24.8 Å². The highest BCUT2D eigenvalue weighted by molar-refractivity contribution is 5.89. The highest BCUT2D eigenvalue weighted by Gasteiger charge is 2.34. The second-order valence-corrected chi connectivity index (χ2v) is 9.82. The second-order valence-electron chi connectivity index (χ2n) is 9.82. The van der Waals surface area contributed by atoms with E-state index in [1.54, 1.807) is 28.8 Å². The fraction of sp³-hybridized carbons (Fsp3) is 0.242. The smallest absolute Gasteiger partial charge is 0.340 e. The number of hydrogen-bond donors (Lipinski definition) is 1. The van der Waals surface area contributed by atoms with Gasteiger partial charge >= 0.3 is 5.97 Å². The number of terminal acetylenes is 2. The van der Waals surface area contributed by atoms with Gasteiger partial charge in [0, 0.05) is 16.5 Å². The largest absolute Gasteiger partial charge is 0.489 e. The molecule has 42 heavy (non-hydrogen) atoms. The maximum Gasteiger partial charge on any atom is 0.340 e. The third-order valence-electron chi connectivity index (χ3n) is 7.49. The van der Waals surface area contributed by atoms with Crippen LogP contribution in [0.2, 0.25) is 0 Å². The number of carbonyl (C=O) groups excluding carboxylic acids is 1. The van der Waals surface area contributed by atoms with Crippen LogP contribution < -0.4 is 19.8 Å². The van der Waals surface area contributed by atoms with Crippen molar-refractivity contribution in [2.75, 3.05) is 13.2 Å². The summed E-state index contributed by atoms with van der Waals surface area (Å²) >= 11 is 0. The van der Waals surface area contributed by atoms with Gasteiger partial charge in [-0.3, -0.25) is 4.79 Å². The van der Waals surface area contributed by atoms with Gasteiger partial charge in [0.15, 0.2) is 6.10 Å². The fourth-order valence-corrected chi connectivity index (χ4v) is 5.53. The number of esters is 1. The van der Waals surface area contributed by atoms with Crippen molar-refractivity contribution in [3.8, 4) is 53.3 Å². The Morgan fingerprint density at radius 3 is 2.45 bits per heavy atom. The zero-order chi connectivity index (χ0) is 29.4. The van der Waals surface area contributed by atoms with Crippen LogP contribution in [0, 0.1) is 24.7 Å². The highest BCUT2D eigenvalue weighted by Crippen LogP contribution is 2.39. The Kier molecular flexibility index (Phi) is 7.03. The summed E-state index contributed by atoms with van der Waals surface area (Å²) in [5, 5.41) is 11.3. The summed E-state index contributed by atoms with van der Waals surface area (Å²) in [6.45, 7) is 2.53. The third-order valence-corrected chi connectivity index (χ3v) is 7.49. The minimum absolute atomic E-state index is 0.0922. The minimum atomic E-state index is -1.50. The first-order valence-corrected chi connectivity index (χ1v) is 13.4. The second kappa shape index (κ2) is 11.0. The molecule has 2 aliphatic rings.